The Labute approximate surface area is 145 Å². The van der Waals surface area contributed by atoms with Gasteiger partial charge in [0.05, 0.1) is 12.0 Å². The highest BCUT2D eigenvalue weighted by Gasteiger charge is 2.44. The molecule has 1 fully saturated rings. The highest BCUT2D eigenvalue weighted by Crippen LogP contribution is 2.39. The minimum absolute atomic E-state index is 0.0484. The van der Waals surface area contributed by atoms with Crippen LogP contribution in [0.1, 0.15) is 18.0 Å². The van der Waals surface area contributed by atoms with Crippen molar-refractivity contribution < 1.29 is 9.59 Å². The summed E-state index contributed by atoms with van der Waals surface area (Å²) >= 11 is 6.08. The zero-order valence-electron chi connectivity index (χ0n) is 13.8. The second-order valence-corrected chi connectivity index (χ2v) is 6.50. The van der Waals surface area contributed by atoms with Gasteiger partial charge < -0.3 is 4.90 Å². The van der Waals surface area contributed by atoms with Crippen LogP contribution in [0.2, 0.25) is 5.02 Å². The summed E-state index contributed by atoms with van der Waals surface area (Å²) in [5.41, 5.74) is 0.864. The Bertz CT molecular complexity index is 788. The number of carbonyl (C=O) groups is 2. The van der Waals surface area contributed by atoms with Gasteiger partial charge in [-0.15, -0.1) is 0 Å². The predicted molar refractivity (Wildman–Crippen MR) is 91.7 cm³/mol. The van der Waals surface area contributed by atoms with Crippen LogP contribution < -0.4 is 4.90 Å². The maximum Gasteiger partial charge on any atom is 0.234 e. The molecule has 0 unspecified atom stereocenters. The molecule has 0 aliphatic carbocycles. The summed E-state index contributed by atoms with van der Waals surface area (Å²) in [4.78, 5) is 28.3. The number of nitrogens with zero attached hydrogens (tertiary/aromatic N) is 4. The molecule has 0 bridgehead atoms. The molecule has 1 saturated heterocycles. The molecule has 1 aromatic carbocycles. The Kier molecular flexibility index (Phi) is 4.32. The third kappa shape index (κ3) is 2.89. The lowest BCUT2D eigenvalue weighted by molar-refractivity contribution is -0.128. The maximum absolute atomic E-state index is 13.0. The van der Waals surface area contributed by atoms with Crippen molar-refractivity contribution in [2.45, 2.75) is 12.5 Å². The number of hydrogen-bond donors (Lipinski definition) is 0. The Morgan fingerprint density at radius 3 is 2.71 bits per heavy atom. The number of rotatable bonds is 3. The van der Waals surface area contributed by atoms with E-state index in [2.05, 4.69) is 5.10 Å². The second-order valence-electron chi connectivity index (χ2n) is 6.06. The largest absolute Gasteiger partial charge is 0.338 e. The Morgan fingerprint density at radius 1 is 1.33 bits per heavy atom. The lowest BCUT2D eigenvalue weighted by atomic mass is 9.92. The van der Waals surface area contributed by atoms with E-state index in [0.717, 1.165) is 5.56 Å². The number of anilines is 1. The van der Waals surface area contributed by atoms with Gasteiger partial charge >= 0.3 is 0 Å². The van der Waals surface area contributed by atoms with Gasteiger partial charge in [0.1, 0.15) is 0 Å². The average molecular weight is 347 g/mol. The standard InChI is InChI=1S/C17H19ClN4O2/c1-20-8-7-14(19-20)21(2)17(24)13-10-15(23)22(3)16(13)11-5-4-6-12(18)9-11/h4-9,13,16H,10H2,1-3H3/t13-,16+/m0/s1. The molecule has 0 saturated carbocycles. The van der Waals surface area contributed by atoms with E-state index in [1.54, 1.807) is 49.1 Å². The highest BCUT2D eigenvalue weighted by atomic mass is 35.5. The molecule has 7 heteroatoms. The van der Waals surface area contributed by atoms with E-state index in [1.807, 2.05) is 18.2 Å². The Balaban J connectivity index is 1.92. The van der Waals surface area contributed by atoms with Crippen LogP contribution in [0.15, 0.2) is 36.5 Å². The summed E-state index contributed by atoms with van der Waals surface area (Å²) in [6, 6.07) is 8.76. The molecule has 2 atom stereocenters. The van der Waals surface area contributed by atoms with Gasteiger partial charge in [-0.3, -0.25) is 19.2 Å². The summed E-state index contributed by atoms with van der Waals surface area (Å²) in [5, 5.41) is 4.84. The Morgan fingerprint density at radius 2 is 2.08 bits per heavy atom. The summed E-state index contributed by atoms with van der Waals surface area (Å²) < 4.78 is 1.64. The molecule has 1 aromatic heterocycles. The van der Waals surface area contributed by atoms with E-state index in [0.29, 0.717) is 10.8 Å². The molecule has 0 spiro atoms. The van der Waals surface area contributed by atoms with Gasteiger partial charge in [0.2, 0.25) is 11.8 Å². The molecule has 2 amide bonds. The first-order valence-corrected chi connectivity index (χ1v) is 8.04. The number of carbonyl (C=O) groups excluding carboxylic acids is 2. The van der Waals surface area contributed by atoms with Crippen molar-refractivity contribution >= 4 is 29.2 Å². The monoisotopic (exact) mass is 346 g/mol. The number of hydrogen-bond acceptors (Lipinski definition) is 3. The van der Waals surface area contributed by atoms with Gasteiger partial charge in [0, 0.05) is 44.8 Å². The average Bonchev–Trinajstić information content (AvgIpc) is 3.10. The van der Waals surface area contributed by atoms with Crippen LogP contribution in [0.25, 0.3) is 0 Å². The van der Waals surface area contributed by atoms with Gasteiger partial charge in [0.25, 0.3) is 0 Å². The molecular formula is C17H19ClN4O2. The van der Waals surface area contributed by atoms with Crippen LogP contribution in [0.5, 0.6) is 0 Å². The number of amides is 2. The summed E-state index contributed by atoms with van der Waals surface area (Å²) in [7, 11) is 5.20. The second kappa shape index (κ2) is 6.28. The third-order valence-electron chi connectivity index (χ3n) is 4.47. The fraction of sp³-hybridized carbons (Fsp3) is 0.353. The molecule has 3 rings (SSSR count). The van der Waals surface area contributed by atoms with Crippen LogP contribution in [-0.2, 0) is 16.6 Å². The zero-order valence-corrected chi connectivity index (χ0v) is 14.6. The van der Waals surface area contributed by atoms with E-state index in [4.69, 9.17) is 11.6 Å². The van der Waals surface area contributed by atoms with Crippen LogP contribution in [0, 0.1) is 5.92 Å². The van der Waals surface area contributed by atoms with Crippen molar-refractivity contribution in [2.75, 3.05) is 19.0 Å². The zero-order chi connectivity index (χ0) is 17.4. The molecule has 0 radical (unpaired) electrons. The van der Waals surface area contributed by atoms with Crippen LogP contribution in [-0.4, -0.2) is 40.6 Å². The number of benzene rings is 1. The van der Waals surface area contributed by atoms with Crippen LogP contribution in [0.3, 0.4) is 0 Å². The third-order valence-corrected chi connectivity index (χ3v) is 4.70. The van der Waals surface area contributed by atoms with Crippen molar-refractivity contribution in [3.05, 3.63) is 47.1 Å². The van der Waals surface area contributed by atoms with Gasteiger partial charge in [-0.25, -0.2) is 0 Å². The van der Waals surface area contributed by atoms with Gasteiger partial charge in [-0.2, -0.15) is 5.10 Å². The SMILES string of the molecule is CN(C(=O)[C@H]1CC(=O)N(C)[C@@H]1c1cccc(Cl)c1)c1ccn(C)n1. The lowest BCUT2D eigenvalue weighted by Gasteiger charge is -2.27. The first-order valence-electron chi connectivity index (χ1n) is 7.67. The van der Waals surface area contributed by atoms with E-state index in [1.165, 1.54) is 4.90 Å². The fourth-order valence-electron chi connectivity index (χ4n) is 3.18. The smallest absolute Gasteiger partial charge is 0.234 e. The molecule has 2 aromatic rings. The number of aryl methyl sites for hydroxylation is 1. The van der Waals surface area contributed by atoms with E-state index in [-0.39, 0.29) is 24.3 Å². The van der Waals surface area contributed by atoms with Gasteiger partial charge in [-0.1, -0.05) is 23.7 Å². The molecule has 126 valence electrons. The molecule has 1 aliphatic rings. The molecule has 0 N–H and O–H groups in total. The number of aromatic nitrogens is 2. The van der Waals surface area contributed by atoms with Gasteiger partial charge in [-0.05, 0) is 17.7 Å². The topological polar surface area (TPSA) is 58.4 Å². The van der Waals surface area contributed by atoms with Crippen molar-refractivity contribution in [1.82, 2.24) is 14.7 Å². The summed E-state index contributed by atoms with van der Waals surface area (Å²) in [6.07, 6.45) is 1.96. The van der Waals surface area contributed by atoms with Crippen molar-refractivity contribution in [3.8, 4) is 0 Å². The maximum atomic E-state index is 13.0. The first-order chi connectivity index (χ1) is 11.4. The number of halogens is 1. The normalized spacial score (nSPS) is 20.5. The highest BCUT2D eigenvalue weighted by molar-refractivity contribution is 6.30. The van der Waals surface area contributed by atoms with E-state index >= 15 is 0 Å². The minimum Gasteiger partial charge on any atom is -0.338 e. The quantitative estimate of drug-likeness (QED) is 0.856. The molecule has 24 heavy (non-hydrogen) atoms. The van der Waals surface area contributed by atoms with Crippen molar-refractivity contribution in [1.29, 1.82) is 0 Å². The van der Waals surface area contributed by atoms with Crippen molar-refractivity contribution in [2.24, 2.45) is 13.0 Å². The summed E-state index contributed by atoms with van der Waals surface area (Å²) in [6.45, 7) is 0. The fourth-order valence-corrected chi connectivity index (χ4v) is 3.38. The van der Waals surface area contributed by atoms with Crippen molar-refractivity contribution in [3.63, 3.8) is 0 Å². The lowest BCUT2D eigenvalue weighted by Crippen LogP contribution is -2.36. The molecule has 2 heterocycles. The first kappa shape index (κ1) is 16.5. The van der Waals surface area contributed by atoms with Gasteiger partial charge in [0.15, 0.2) is 5.82 Å². The summed E-state index contributed by atoms with van der Waals surface area (Å²) in [5.74, 6) is -0.0774. The molecular weight excluding hydrogens is 328 g/mol. The van der Waals surface area contributed by atoms with E-state index < -0.39 is 5.92 Å². The number of likely N-dealkylation sites (tertiary alicyclic amines) is 1. The van der Waals surface area contributed by atoms with Crippen LogP contribution in [0.4, 0.5) is 5.82 Å². The van der Waals surface area contributed by atoms with Crippen LogP contribution >= 0.6 is 11.6 Å². The molecule has 6 nitrogen and oxygen atoms in total. The minimum atomic E-state index is -0.465. The Hall–Kier alpha value is -2.34. The molecule has 1 aliphatic heterocycles. The van der Waals surface area contributed by atoms with E-state index in [9.17, 15) is 9.59 Å². The predicted octanol–water partition coefficient (Wildman–Crippen LogP) is 2.26.